The number of hydrogen-bond donors (Lipinski definition) is 0. The highest BCUT2D eigenvalue weighted by Gasteiger charge is 2.91. The first-order chi connectivity index (χ1) is 7.82. The van der Waals surface area contributed by atoms with Crippen LogP contribution < -0.4 is 0 Å². The second kappa shape index (κ2) is 1.67. The fraction of sp³-hybridized carbons (Fsp3) is 1.00. The Morgan fingerprint density at radius 3 is 0.688 bits per heavy atom. The van der Waals surface area contributed by atoms with Crippen LogP contribution in [0.3, 0.4) is 0 Å². The molecule has 4 bridgehead atoms. The van der Waals surface area contributed by atoms with Crippen LogP contribution in [0, 0.1) is 82.9 Å². The maximum Gasteiger partial charge on any atom is -0.0312 e. The van der Waals surface area contributed by atoms with Crippen LogP contribution in [-0.4, -0.2) is 0 Å². The van der Waals surface area contributed by atoms with Gasteiger partial charge >= 0.3 is 0 Å². The minimum Gasteiger partial charge on any atom is -0.0619 e. The van der Waals surface area contributed by atoms with Gasteiger partial charge in [0.1, 0.15) is 0 Å². The van der Waals surface area contributed by atoms with Gasteiger partial charge in [-0.15, -0.1) is 0 Å². The van der Waals surface area contributed by atoms with E-state index in [0.717, 1.165) is 11.8 Å². The Kier molecular flexibility index (Phi) is 0.775. The predicted molar refractivity (Wildman–Crippen MR) is 60.2 cm³/mol. The zero-order valence-electron chi connectivity index (χ0n) is 10.1. The molecule has 0 heteroatoms. The van der Waals surface area contributed by atoms with Gasteiger partial charge in [0.05, 0.1) is 0 Å². The molecule has 0 nitrogen and oxygen atoms in total. The molecule has 0 unspecified atom stereocenters. The van der Waals surface area contributed by atoms with Gasteiger partial charge in [0.25, 0.3) is 0 Å². The van der Waals surface area contributed by atoms with Crippen LogP contribution in [0.15, 0.2) is 0 Å². The van der Waals surface area contributed by atoms with Crippen molar-refractivity contribution in [1.29, 1.82) is 0 Å². The summed E-state index contributed by atoms with van der Waals surface area (Å²) in [6.45, 7) is 5.28. The summed E-state index contributed by atoms with van der Waals surface area (Å²) in [5.74, 6) is 17.4. The Hall–Kier alpha value is 0. The van der Waals surface area contributed by atoms with E-state index in [9.17, 15) is 0 Å². The van der Waals surface area contributed by atoms with E-state index in [1.54, 1.807) is 0 Å². The molecule has 84 valence electrons. The fourth-order valence-electron chi connectivity index (χ4n) is 10.5. The molecule has 0 radical (unpaired) electrons. The summed E-state index contributed by atoms with van der Waals surface area (Å²) in [5, 5.41) is 0. The van der Waals surface area contributed by atoms with Gasteiger partial charge in [-0.2, -0.15) is 0 Å². The first-order valence-corrected chi connectivity index (χ1v) is 7.82. The van der Waals surface area contributed by atoms with Gasteiger partial charge in [0.15, 0.2) is 0 Å². The average molecular weight is 212 g/mol. The molecule has 0 aromatic carbocycles. The minimum absolute atomic E-state index is 1.15. The fourth-order valence-corrected chi connectivity index (χ4v) is 10.5. The van der Waals surface area contributed by atoms with Crippen LogP contribution in [0.2, 0.25) is 0 Å². The SMILES string of the molecule is CC1C2C3C4C1C1C2C2C5C(C)C(C32)C4C51. The molecule has 0 saturated heterocycles. The summed E-state index contributed by atoms with van der Waals surface area (Å²) < 4.78 is 0. The molecule has 8 rings (SSSR count). The van der Waals surface area contributed by atoms with E-state index < -0.39 is 0 Å². The Balaban J connectivity index is 1.67. The molecule has 0 atom stereocenters. The Morgan fingerprint density at radius 2 is 0.500 bits per heavy atom. The maximum absolute atomic E-state index is 2.64. The summed E-state index contributed by atoms with van der Waals surface area (Å²) in [6.07, 6.45) is 0. The third kappa shape index (κ3) is 0.370. The molecular formula is C16H20. The topological polar surface area (TPSA) is 0 Å². The molecule has 0 amide bonds. The van der Waals surface area contributed by atoms with E-state index in [2.05, 4.69) is 13.8 Å². The van der Waals surface area contributed by atoms with Crippen LogP contribution in [-0.2, 0) is 0 Å². The lowest BCUT2D eigenvalue weighted by Crippen LogP contribution is -2.21. The summed E-state index contributed by atoms with van der Waals surface area (Å²) in [4.78, 5) is 0. The van der Waals surface area contributed by atoms with Crippen LogP contribution >= 0.6 is 0 Å². The van der Waals surface area contributed by atoms with Gasteiger partial charge in [-0.05, 0) is 82.9 Å². The molecule has 0 aromatic rings. The zero-order valence-corrected chi connectivity index (χ0v) is 10.1. The second-order valence-corrected chi connectivity index (χ2v) is 8.65. The van der Waals surface area contributed by atoms with Crippen molar-refractivity contribution in [2.75, 3.05) is 0 Å². The highest BCUT2D eigenvalue weighted by atomic mass is 14.9. The lowest BCUT2D eigenvalue weighted by molar-refractivity contribution is 0.220. The van der Waals surface area contributed by atoms with Gasteiger partial charge in [0.2, 0.25) is 0 Å². The van der Waals surface area contributed by atoms with Crippen molar-refractivity contribution in [2.45, 2.75) is 13.8 Å². The smallest absolute Gasteiger partial charge is 0.0312 e. The monoisotopic (exact) mass is 212 g/mol. The molecule has 16 heavy (non-hydrogen) atoms. The molecular weight excluding hydrogens is 192 g/mol. The number of hydrogen-bond acceptors (Lipinski definition) is 0. The molecule has 0 N–H and O–H groups in total. The van der Waals surface area contributed by atoms with E-state index >= 15 is 0 Å². The van der Waals surface area contributed by atoms with Crippen LogP contribution in [0.4, 0.5) is 0 Å². The quantitative estimate of drug-likeness (QED) is 0.579. The summed E-state index contributed by atoms with van der Waals surface area (Å²) >= 11 is 0. The molecule has 8 fully saturated rings. The van der Waals surface area contributed by atoms with Crippen molar-refractivity contribution in [3.8, 4) is 0 Å². The van der Waals surface area contributed by atoms with Crippen LogP contribution in [0.5, 0.6) is 0 Å². The maximum atomic E-state index is 2.64. The van der Waals surface area contributed by atoms with E-state index in [1.807, 2.05) is 0 Å². The largest absolute Gasteiger partial charge is 0.0619 e. The van der Waals surface area contributed by atoms with Gasteiger partial charge in [-0.1, -0.05) is 13.8 Å². The second-order valence-electron chi connectivity index (χ2n) is 8.65. The van der Waals surface area contributed by atoms with Gasteiger partial charge in [0, 0.05) is 0 Å². The molecule has 0 aromatic heterocycles. The highest BCUT2D eigenvalue weighted by molar-refractivity contribution is 5.37. The standard InChI is InChI=1S/C16H20/c1-3-5-9-11-6(3)12-10(5)14-8-4(2)7(13(9)14)15(11)16(8)12/h3-16H,1-2H3. The third-order valence-corrected chi connectivity index (χ3v) is 9.54. The highest BCUT2D eigenvalue weighted by Crippen LogP contribution is 2.94. The summed E-state index contributed by atoms with van der Waals surface area (Å²) in [6, 6.07) is 0. The normalized spacial score (nSPS) is 94.9. The average Bonchev–Trinajstić information content (AvgIpc) is 2.90. The zero-order chi connectivity index (χ0) is 10.1. The molecule has 8 aliphatic carbocycles. The number of rotatable bonds is 0. The molecule has 0 aliphatic heterocycles. The van der Waals surface area contributed by atoms with Gasteiger partial charge in [-0.25, -0.2) is 0 Å². The van der Waals surface area contributed by atoms with Crippen molar-refractivity contribution >= 4 is 0 Å². The van der Waals surface area contributed by atoms with Crippen LogP contribution in [0.25, 0.3) is 0 Å². The minimum atomic E-state index is 1.15. The van der Waals surface area contributed by atoms with Crippen molar-refractivity contribution in [3.63, 3.8) is 0 Å². The van der Waals surface area contributed by atoms with E-state index in [0.29, 0.717) is 0 Å². The van der Waals surface area contributed by atoms with E-state index in [4.69, 9.17) is 0 Å². The van der Waals surface area contributed by atoms with E-state index in [-0.39, 0.29) is 0 Å². The predicted octanol–water partition coefficient (Wildman–Crippen LogP) is 2.75. The Labute approximate surface area is 97.2 Å². The summed E-state index contributed by atoms with van der Waals surface area (Å²) in [7, 11) is 0. The van der Waals surface area contributed by atoms with Crippen molar-refractivity contribution in [3.05, 3.63) is 0 Å². The van der Waals surface area contributed by atoms with Gasteiger partial charge < -0.3 is 0 Å². The summed E-state index contributed by atoms with van der Waals surface area (Å²) in [5.41, 5.74) is 0. The first kappa shape index (κ1) is 7.44. The van der Waals surface area contributed by atoms with Crippen molar-refractivity contribution in [2.24, 2.45) is 82.9 Å². The Bertz CT molecular complexity index is 323. The van der Waals surface area contributed by atoms with Gasteiger partial charge in [-0.3, -0.25) is 0 Å². The van der Waals surface area contributed by atoms with Crippen molar-refractivity contribution in [1.82, 2.24) is 0 Å². The molecule has 8 saturated carbocycles. The molecule has 8 aliphatic rings. The molecule has 0 spiro atoms. The lowest BCUT2D eigenvalue weighted by Gasteiger charge is -2.24. The van der Waals surface area contributed by atoms with Crippen LogP contribution in [0.1, 0.15) is 13.8 Å². The third-order valence-electron chi connectivity index (χ3n) is 9.54. The van der Waals surface area contributed by atoms with E-state index in [1.165, 1.54) is 71.0 Å². The Morgan fingerprint density at radius 1 is 0.312 bits per heavy atom. The lowest BCUT2D eigenvalue weighted by atomic mass is 9.80. The molecule has 0 heterocycles. The van der Waals surface area contributed by atoms with Crippen molar-refractivity contribution < 1.29 is 0 Å². The first-order valence-electron chi connectivity index (χ1n) is 7.82.